The normalized spacial score (nSPS) is 34.1. The van der Waals surface area contributed by atoms with Crippen molar-refractivity contribution in [1.82, 2.24) is 4.72 Å². The predicted octanol–water partition coefficient (Wildman–Crippen LogP) is 0.0881. The third-order valence-corrected chi connectivity index (χ3v) is 3.52. The topological polar surface area (TPSA) is 46.2 Å². The summed E-state index contributed by atoms with van der Waals surface area (Å²) >= 11 is 0. The molecule has 0 aromatic heterocycles. The number of hydrogen-bond donors (Lipinski definition) is 1. The van der Waals surface area contributed by atoms with Crippen LogP contribution in [0.15, 0.2) is 0 Å². The summed E-state index contributed by atoms with van der Waals surface area (Å²) in [5.74, 6) is 0. The molecule has 3 nitrogen and oxygen atoms in total. The maximum atomic E-state index is 10.9. The Labute approximate surface area is 55.5 Å². The first-order chi connectivity index (χ1) is 4.13. The highest BCUT2D eigenvalue weighted by atomic mass is 32.2. The van der Waals surface area contributed by atoms with E-state index < -0.39 is 10.0 Å². The maximum absolute atomic E-state index is 10.9. The number of sulfonamides is 1. The zero-order chi connectivity index (χ0) is 6.91. The Morgan fingerprint density at radius 2 is 2.22 bits per heavy atom. The van der Waals surface area contributed by atoms with Gasteiger partial charge in [-0.1, -0.05) is 0 Å². The SMILES string of the molecule is CC1CCCNS1(=O)=O. The number of hydrogen-bond acceptors (Lipinski definition) is 2. The highest BCUT2D eigenvalue weighted by molar-refractivity contribution is 7.90. The monoisotopic (exact) mass is 149 g/mol. The van der Waals surface area contributed by atoms with E-state index >= 15 is 0 Å². The van der Waals surface area contributed by atoms with E-state index in [1.807, 2.05) is 0 Å². The molecule has 54 valence electrons. The van der Waals surface area contributed by atoms with E-state index in [0.29, 0.717) is 6.54 Å². The molecule has 0 saturated carbocycles. The maximum Gasteiger partial charge on any atom is 0.214 e. The molecular weight excluding hydrogens is 138 g/mol. The van der Waals surface area contributed by atoms with Crippen LogP contribution in [0.3, 0.4) is 0 Å². The molecule has 0 amide bonds. The van der Waals surface area contributed by atoms with Crippen LogP contribution < -0.4 is 4.72 Å². The zero-order valence-electron chi connectivity index (χ0n) is 5.42. The molecule has 1 fully saturated rings. The lowest BCUT2D eigenvalue weighted by Crippen LogP contribution is -2.37. The molecule has 0 bridgehead atoms. The van der Waals surface area contributed by atoms with E-state index in [4.69, 9.17) is 0 Å². The van der Waals surface area contributed by atoms with Gasteiger partial charge in [-0.25, -0.2) is 13.1 Å². The van der Waals surface area contributed by atoms with Crippen molar-refractivity contribution in [3.63, 3.8) is 0 Å². The molecule has 0 spiro atoms. The van der Waals surface area contributed by atoms with E-state index in [9.17, 15) is 8.42 Å². The van der Waals surface area contributed by atoms with Gasteiger partial charge < -0.3 is 0 Å². The molecule has 1 atom stereocenters. The fourth-order valence-electron chi connectivity index (χ4n) is 0.901. The fraction of sp³-hybridized carbons (Fsp3) is 1.00. The molecule has 1 rings (SSSR count). The first-order valence-electron chi connectivity index (χ1n) is 3.11. The smallest absolute Gasteiger partial charge is 0.214 e. The van der Waals surface area contributed by atoms with Crippen LogP contribution in [-0.4, -0.2) is 20.2 Å². The predicted molar refractivity (Wildman–Crippen MR) is 35.6 cm³/mol. The highest BCUT2D eigenvalue weighted by Gasteiger charge is 2.23. The van der Waals surface area contributed by atoms with Gasteiger partial charge in [0.15, 0.2) is 0 Å². The van der Waals surface area contributed by atoms with Gasteiger partial charge in [0.2, 0.25) is 10.0 Å². The minimum atomic E-state index is -2.91. The molecule has 4 heteroatoms. The Morgan fingerprint density at radius 3 is 2.56 bits per heavy atom. The quantitative estimate of drug-likeness (QED) is 0.530. The second-order valence-electron chi connectivity index (χ2n) is 2.39. The highest BCUT2D eigenvalue weighted by Crippen LogP contribution is 2.10. The lowest BCUT2D eigenvalue weighted by Gasteiger charge is -2.18. The lowest BCUT2D eigenvalue weighted by atomic mass is 10.2. The summed E-state index contributed by atoms with van der Waals surface area (Å²) in [7, 11) is -2.91. The average Bonchev–Trinajstić information content (AvgIpc) is 1.77. The summed E-state index contributed by atoms with van der Waals surface area (Å²) in [6.45, 7) is 2.36. The molecule has 1 saturated heterocycles. The Morgan fingerprint density at radius 1 is 1.56 bits per heavy atom. The van der Waals surface area contributed by atoms with Gasteiger partial charge in [-0.15, -0.1) is 0 Å². The van der Waals surface area contributed by atoms with Crippen molar-refractivity contribution in [3.8, 4) is 0 Å². The van der Waals surface area contributed by atoms with Crippen LogP contribution >= 0.6 is 0 Å². The molecule has 9 heavy (non-hydrogen) atoms. The van der Waals surface area contributed by atoms with Gasteiger partial charge in [-0.2, -0.15) is 0 Å². The van der Waals surface area contributed by atoms with E-state index in [1.54, 1.807) is 6.92 Å². The number of nitrogens with one attached hydrogen (secondary N) is 1. The van der Waals surface area contributed by atoms with Gasteiger partial charge in [0, 0.05) is 6.54 Å². The summed E-state index contributed by atoms with van der Waals surface area (Å²) in [4.78, 5) is 0. The molecule has 1 aliphatic rings. The van der Waals surface area contributed by atoms with E-state index in [2.05, 4.69) is 4.72 Å². The Kier molecular flexibility index (Phi) is 1.77. The van der Waals surface area contributed by atoms with Gasteiger partial charge in [0.05, 0.1) is 5.25 Å². The van der Waals surface area contributed by atoms with Crippen LogP contribution in [0, 0.1) is 0 Å². The van der Waals surface area contributed by atoms with Gasteiger partial charge in [0.1, 0.15) is 0 Å². The van der Waals surface area contributed by atoms with E-state index in [-0.39, 0.29) is 5.25 Å². The van der Waals surface area contributed by atoms with E-state index in [0.717, 1.165) is 12.8 Å². The molecule has 1 N–H and O–H groups in total. The first kappa shape index (κ1) is 7.02. The van der Waals surface area contributed by atoms with Crippen molar-refractivity contribution in [2.24, 2.45) is 0 Å². The van der Waals surface area contributed by atoms with Crippen LogP contribution in [0.1, 0.15) is 19.8 Å². The lowest BCUT2D eigenvalue weighted by molar-refractivity contribution is 0.535. The van der Waals surface area contributed by atoms with Gasteiger partial charge in [-0.05, 0) is 19.8 Å². The molecule has 0 aromatic carbocycles. The third-order valence-electron chi connectivity index (χ3n) is 1.62. The molecule has 1 unspecified atom stereocenters. The molecular formula is C5H11NO2S. The standard InChI is InChI=1S/C5H11NO2S/c1-5-3-2-4-6-9(5,7)8/h5-6H,2-4H2,1H3. The third kappa shape index (κ3) is 1.43. The Balaban J connectivity index is 2.72. The number of rotatable bonds is 0. The zero-order valence-corrected chi connectivity index (χ0v) is 6.24. The van der Waals surface area contributed by atoms with Crippen molar-refractivity contribution in [2.45, 2.75) is 25.0 Å². The van der Waals surface area contributed by atoms with Crippen molar-refractivity contribution in [1.29, 1.82) is 0 Å². The molecule has 0 aromatic rings. The van der Waals surface area contributed by atoms with Crippen molar-refractivity contribution in [2.75, 3.05) is 6.54 Å². The molecule has 0 radical (unpaired) electrons. The molecule has 1 heterocycles. The second kappa shape index (κ2) is 2.27. The van der Waals surface area contributed by atoms with Gasteiger partial charge in [-0.3, -0.25) is 0 Å². The molecule has 1 aliphatic heterocycles. The molecule has 0 aliphatic carbocycles. The largest absolute Gasteiger partial charge is 0.215 e. The summed E-state index contributed by atoms with van der Waals surface area (Å²) < 4.78 is 24.2. The van der Waals surface area contributed by atoms with Crippen molar-refractivity contribution >= 4 is 10.0 Å². The van der Waals surface area contributed by atoms with Crippen LogP contribution in [-0.2, 0) is 10.0 Å². The average molecular weight is 149 g/mol. The summed E-state index contributed by atoms with van der Waals surface area (Å²) in [5, 5.41) is -0.189. The summed E-state index contributed by atoms with van der Waals surface area (Å²) in [6, 6.07) is 0. The van der Waals surface area contributed by atoms with Crippen LogP contribution in [0.2, 0.25) is 0 Å². The van der Waals surface area contributed by atoms with Crippen LogP contribution in [0.4, 0.5) is 0 Å². The van der Waals surface area contributed by atoms with Crippen molar-refractivity contribution < 1.29 is 8.42 Å². The Bertz CT molecular complexity index is 185. The van der Waals surface area contributed by atoms with Gasteiger partial charge >= 0.3 is 0 Å². The van der Waals surface area contributed by atoms with Crippen LogP contribution in [0.25, 0.3) is 0 Å². The fourth-order valence-corrected chi connectivity index (χ4v) is 2.09. The minimum absolute atomic E-state index is 0.189. The van der Waals surface area contributed by atoms with Gasteiger partial charge in [0.25, 0.3) is 0 Å². The van der Waals surface area contributed by atoms with Crippen molar-refractivity contribution in [3.05, 3.63) is 0 Å². The van der Waals surface area contributed by atoms with Crippen LogP contribution in [0.5, 0.6) is 0 Å². The summed E-state index contributed by atoms with van der Waals surface area (Å²) in [6.07, 6.45) is 1.77. The van der Waals surface area contributed by atoms with E-state index in [1.165, 1.54) is 0 Å². The second-order valence-corrected chi connectivity index (χ2v) is 4.58. The first-order valence-corrected chi connectivity index (χ1v) is 4.66. The minimum Gasteiger partial charge on any atom is -0.215 e. The summed E-state index contributed by atoms with van der Waals surface area (Å²) in [5.41, 5.74) is 0. The Hall–Kier alpha value is -0.0900.